The van der Waals surface area contributed by atoms with Gasteiger partial charge in [-0.05, 0) is 101 Å². The predicted molar refractivity (Wildman–Crippen MR) is 209 cm³/mol. The number of halogens is 1. The van der Waals surface area contributed by atoms with E-state index in [0.29, 0.717) is 24.2 Å². The van der Waals surface area contributed by atoms with Crippen LogP contribution in [0.3, 0.4) is 0 Å². The summed E-state index contributed by atoms with van der Waals surface area (Å²) in [5.74, 6) is -0.714. The fourth-order valence-corrected chi connectivity index (χ4v) is 8.10. The first-order valence-corrected chi connectivity index (χ1v) is 18.8. The Morgan fingerprint density at radius 1 is 0.962 bits per heavy atom. The molecule has 6 rings (SSSR count). The molecular formula is C42H50BFN2O5S. The lowest BCUT2D eigenvalue weighted by atomic mass is 9.75. The van der Waals surface area contributed by atoms with Gasteiger partial charge in [-0.2, -0.15) is 0 Å². The molecule has 2 aromatic heterocycles. The minimum absolute atomic E-state index is 0.157. The van der Waals surface area contributed by atoms with Crippen LogP contribution in [0, 0.1) is 11.2 Å². The number of carboxylic acid groups (broad SMARTS) is 1. The van der Waals surface area contributed by atoms with E-state index in [1.54, 1.807) is 17.8 Å². The Morgan fingerprint density at radius 2 is 1.63 bits per heavy atom. The quantitative estimate of drug-likeness (QED) is 0.107. The monoisotopic (exact) mass is 724 g/mol. The van der Waals surface area contributed by atoms with E-state index in [-0.39, 0.29) is 23.1 Å². The van der Waals surface area contributed by atoms with E-state index in [4.69, 9.17) is 14.0 Å². The number of fused-ring (bicyclic) bond motifs is 2. The van der Waals surface area contributed by atoms with Crippen molar-refractivity contribution in [2.75, 3.05) is 0 Å². The number of benzene rings is 3. The van der Waals surface area contributed by atoms with Gasteiger partial charge in [0.2, 0.25) is 0 Å². The van der Waals surface area contributed by atoms with E-state index < -0.39 is 29.7 Å². The number of aliphatic carboxylic acids is 1. The van der Waals surface area contributed by atoms with Gasteiger partial charge in [0, 0.05) is 44.1 Å². The number of nitrogens with zero attached hydrogens (tertiary/aromatic N) is 2. The predicted octanol–water partition coefficient (Wildman–Crippen LogP) is 9.75. The number of hydrogen-bond acceptors (Lipinski definition) is 6. The molecule has 3 aromatic carbocycles. The Hall–Kier alpha value is -3.86. The van der Waals surface area contributed by atoms with Gasteiger partial charge in [0.05, 0.1) is 27.8 Å². The molecule has 5 aromatic rings. The Bertz CT molecular complexity index is 2100. The highest BCUT2D eigenvalue weighted by molar-refractivity contribution is 8.00. The summed E-state index contributed by atoms with van der Waals surface area (Å²) >= 11 is 1.76. The molecule has 1 N–H and O–H groups in total. The number of thioether (sulfide) groups is 1. The van der Waals surface area contributed by atoms with Crippen molar-refractivity contribution in [1.82, 2.24) is 9.55 Å². The maximum absolute atomic E-state index is 13.7. The number of aromatic nitrogens is 2. The number of pyridine rings is 1. The summed E-state index contributed by atoms with van der Waals surface area (Å²) in [6.45, 7) is 21.3. The number of hydrogen-bond donors (Lipinski definition) is 1. The average molecular weight is 725 g/mol. The van der Waals surface area contributed by atoms with Gasteiger partial charge in [-0.15, -0.1) is 11.8 Å². The molecule has 0 spiro atoms. The highest BCUT2D eigenvalue weighted by Gasteiger charge is 2.51. The Kier molecular flexibility index (Phi) is 10.1. The van der Waals surface area contributed by atoms with Gasteiger partial charge in [-0.25, -0.2) is 9.37 Å². The van der Waals surface area contributed by atoms with E-state index in [1.165, 1.54) is 12.1 Å². The third-order valence-electron chi connectivity index (χ3n) is 10.5. The number of rotatable bonds is 11. The molecule has 7 nitrogen and oxygen atoms in total. The summed E-state index contributed by atoms with van der Waals surface area (Å²) in [6.07, 6.45) is 0.648. The largest absolute Gasteiger partial charge is 0.494 e. The van der Waals surface area contributed by atoms with Gasteiger partial charge in [0.25, 0.3) is 0 Å². The molecule has 0 aliphatic carbocycles. The Balaban J connectivity index is 1.42. The van der Waals surface area contributed by atoms with Crippen LogP contribution in [0.1, 0.15) is 98.5 Å². The zero-order chi connectivity index (χ0) is 37.8. The summed E-state index contributed by atoms with van der Waals surface area (Å²) in [5.41, 5.74) is 3.61. The Labute approximate surface area is 311 Å². The first-order chi connectivity index (χ1) is 24.3. The topological polar surface area (TPSA) is 82.8 Å². The molecule has 0 bridgehead atoms. The smallest absolute Gasteiger partial charge is 0.487 e. The van der Waals surface area contributed by atoms with Crippen LogP contribution in [0.4, 0.5) is 4.39 Å². The van der Waals surface area contributed by atoms with Gasteiger partial charge < -0.3 is 23.7 Å². The van der Waals surface area contributed by atoms with E-state index in [9.17, 15) is 14.3 Å². The number of carbonyl (C=O) groups is 1. The molecule has 274 valence electrons. The molecule has 1 saturated heterocycles. The summed E-state index contributed by atoms with van der Waals surface area (Å²) in [7, 11) is -0.455. The van der Waals surface area contributed by atoms with Gasteiger partial charge in [-0.3, -0.25) is 4.79 Å². The molecule has 1 atom stereocenters. The molecule has 10 heteroatoms. The SMILES string of the molecule is CCC(c1c(SC(C)(C)C)c2cc(OCc3ccc4cc(F)ccc4n3)ccc2n1Cc1ccc(B2OC(C)(C)C(C)(C)O2)cc1)C(C)(C)C(=O)O. The molecule has 0 radical (unpaired) electrons. The van der Waals surface area contributed by atoms with Crippen molar-refractivity contribution in [3.05, 3.63) is 95.6 Å². The first kappa shape index (κ1) is 37.9. The molecule has 52 heavy (non-hydrogen) atoms. The lowest BCUT2D eigenvalue weighted by Crippen LogP contribution is -2.41. The van der Waals surface area contributed by atoms with Gasteiger partial charge in [-0.1, -0.05) is 58.0 Å². The highest BCUT2D eigenvalue weighted by Crippen LogP contribution is 2.50. The third-order valence-corrected chi connectivity index (χ3v) is 11.8. The Morgan fingerprint density at radius 3 is 2.25 bits per heavy atom. The van der Waals surface area contributed by atoms with E-state index in [1.807, 2.05) is 32.0 Å². The van der Waals surface area contributed by atoms with Crippen LogP contribution >= 0.6 is 11.8 Å². The van der Waals surface area contributed by atoms with Crippen LogP contribution in [0.2, 0.25) is 0 Å². The summed E-state index contributed by atoms with van der Waals surface area (Å²) in [6, 6.07) is 22.7. The average Bonchev–Trinajstić information content (AvgIpc) is 3.46. The highest BCUT2D eigenvalue weighted by atomic mass is 32.2. The second-order valence-corrected chi connectivity index (χ2v) is 18.3. The zero-order valence-electron chi connectivity index (χ0n) is 32.0. The normalized spacial score (nSPS) is 16.5. The van der Waals surface area contributed by atoms with Crippen molar-refractivity contribution in [2.24, 2.45) is 5.41 Å². The molecule has 1 unspecified atom stereocenters. The molecule has 1 fully saturated rings. The second-order valence-electron chi connectivity index (χ2n) is 16.4. The van der Waals surface area contributed by atoms with Crippen LogP contribution in [-0.2, 0) is 27.3 Å². The van der Waals surface area contributed by atoms with Crippen molar-refractivity contribution in [1.29, 1.82) is 0 Å². The van der Waals surface area contributed by atoms with Crippen molar-refractivity contribution in [3.63, 3.8) is 0 Å². The molecule has 0 saturated carbocycles. The fourth-order valence-electron chi connectivity index (χ4n) is 6.86. The second kappa shape index (κ2) is 13.8. The summed E-state index contributed by atoms with van der Waals surface area (Å²) in [5, 5.41) is 12.3. The summed E-state index contributed by atoms with van der Waals surface area (Å²) < 4.78 is 34.8. The maximum atomic E-state index is 13.7. The van der Waals surface area contributed by atoms with Crippen molar-refractivity contribution < 1.29 is 28.3 Å². The number of carboxylic acids is 1. The molecule has 1 aliphatic rings. The van der Waals surface area contributed by atoms with Crippen molar-refractivity contribution in [3.8, 4) is 5.75 Å². The van der Waals surface area contributed by atoms with E-state index in [0.717, 1.165) is 43.6 Å². The van der Waals surface area contributed by atoms with Crippen LogP contribution in [-0.4, -0.2) is 43.7 Å². The third kappa shape index (κ3) is 7.48. The van der Waals surface area contributed by atoms with E-state index >= 15 is 0 Å². The van der Waals surface area contributed by atoms with Crippen molar-refractivity contribution in [2.45, 2.75) is 116 Å². The van der Waals surface area contributed by atoms with Crippen LogP contribution in [0.5, 0.6) is 5.75 Å². The van der Waals surface area contributed by atoms with Crippen molar-refractivity contribution >= 4 is 52.1 Å². The molecule has 3 heterocycles. The minimum Gasteiger partial charge on any atom is -0.487 e. The standard InChI is InChI=1S/C42H50BFN2O5S/c1-11-33(40(5,6)38(47)48)36-37(52-39(2,3)4)32-23-31(49-25-30-18-14-27-22-29(44)17-20-34(27)45-30)19-21-35(32)46(36)24-26-12-15-28(16-13-26)43-50-41(7,8)42(9,10)51-43/h12-23,33H,11,24-25H2,1-10H3,(H,47,48). The molecular weight excluding hydrogens is 674 g/mol. The number of ether oxygens (including phenoxy) is 1. The van der Waals surface area contributed by atoms with Crippen LogP contribution < -0.4 is 10.2 Å². The molecule has 0 amide bonds. The lowest BCUT2D eigenvalue weighted by Gasteiger charge is -2.32. The lowest BCUT2D eigenvalue weighted by molar-refractivity contribution is -0.148. The van der Waals surface area contributed by atoms with Crippen LogP contribution in [0.15, 0.2) is 77.7 Å². The first-order valence-electron chi connectivity index (χ1n) is 18.0. The van der Waals surface area contributed by atoms with Gasteiger partial charge in [0.15, 0.2) is 0 Å². The fraction of sp³-hybridized carbons (Fsp3) is 0.429. The minimum atomic E-state index is -1.03. The van der Waals surface area contributed by atoms with Gasteiger partial charge in [0.1, 0.15) is 18.2 Å². The molecule has 1 aliphatic heterocycles. The van der Waals surface area contributed by atoms with E-state index in [2.05, 4.69) is 101 Å². The maximum Gasteiger partial charge on any atom is 0.494 e. The van der Waals surface area contributed by atoms with Gasteiger partial charge >= 0.3 is 13.1 Å². The zero-order valence-corrected chi connectivity index (χ0v) is 32.8. The summed E-state index contributed by atoms with van der Waals surface area (Å²) in [4.78, 5) is 18.6. The van der Waals surface area contributed by atoms with Crippen LogP contribution in [0.25, 0.3) is 21.8 Å².